The van der Waals surface area contributed by atoms with Crippen LogP contribution in [0.2, 0.25) is 0 Å². The average Bonchev–Trinajstić information content (AvgIpc) is 3.04. The van der Waals surface area contributed by atoms with E-state index in [0.717, 1.165) is 42.6 Å². The summed E-state index contributed by atoms with van der Waals surface area (Å²) in [6.45, 7) is 2.53. The van der Waals surface area contributed by atoms with Gasteiger partial charge in [0, 0.05) is 11.8 Å². The lowest BCUT2D eigenvalue weighted by molar-refractivity contribution is -0.139. The van der Waals surface area contributed by atoms with Crippen LogP contribution in [0.25, 0.3) is 5.57 Å². The summed E-state index contributed by atoms with van der Waals surface area (Å²) in [7, 11) is 0. The number of amides is 2. The van der Waals surface area contributed by atoms with Crippen molar-refractivity contribution >= 4 is 29.1 Å². The predicted molar refractivity (Wildman–Crippen MR) is 121 cm³/mol. The molecule has 2 aromatic carbocycles. The van der Waals surface area contributed by atoms with Crippen molar-refractivity contribution in [3.8, 4) is 5.75 Å². The molecule has 1 fully saturated rings. The predicted octanol–water partition coefficient (Wildman–Crippen LogP) is 5.43. The molecule has 0 N–H and O–H groups in total. The smallest absolute Gasteiger partial charge is 0.268 e. The number of benzene rings is 2. The molecular weight excluding hydrogens is 394 g/mol. The Bertz CT molecular complexity index is 931. The van der Waals surface area contributed by atoms with Gasteiger partial charge in [0.05, 0.1) is 17.1 Å². The molecule has 5 heteroatoms. The summed E-state index contributed by atoms with van der Waals surface area (Å²) in [6, 6.07) is 17.6. The zero-order valence-corrected chi connectivity index (χ0v) is 18.1. The van der Waals surface area contributed by atoms with E-state index in [0.29, 0.717) is 22.8 Å². The van der Waals surface area contributed by atoms with Gasteiger partial charge in [-0.3, -0.25) is 14.5 Å². The maximum atomic E-state index is 13.5. The zero-order valence-electron chi connectivity index (χ0n) is 17.3. The van der Waals surface area contributed by atoms with Crippen LogP contribution in [0.1, 0.15) is 50.2 Å². The van der Waals surface area contributed by atoms with Crippen molar-refractivity contribution in [2.75, 3.05) is 6.61 Å². The van der Waals surface area contributed by atoms with E-state index >= 15 is 0 Å². The maximum absolute atomic E-state index is 13.5. The fourth-order valence-electron chi connectivity index (χ4n) is 4.20. The number of hydrogen-bond donors (Lipinski definition) is 0. The summed E-state index contributed by atoms with van der Waals surface area (Å²) in [5.74, 6) is 1.15. The topological polar surface area (TPSA) is 46.6 Å². The number of ether oxygens (including phenoxy) is 1. The van der Waals surface area contributed by atoms with E-state index in [4.69, 9.17) is 4.74 Å². The Morgan fingerprint density at radius 1 is 0.933 bits per heavy atom. The van der Waals surface area contributed by atoms with Crippen LogP contribution in [0.5, 0.6) is 5.75 Å². The second-order valence-electron chi connectivity index (χ2n) is 7.71. The summed E-state index contributed by atoms with van der Waals surface area (Å²) < 4.78 is 5.54. The summed E-state index contributed by atoms with van der Waals surface area (Å²) in [4.78, 5) is 29.0. The minimum absolute atomic E-state index is 0.0197. The highest BCUT2D eigenvalue weighted by molar-refractivity contribution is 8.03. The maximum Gasteiger partial charge on any atom is 0.268 e. The van der Waals surface area contributed by atoms with Crippen molar-refractivity contribution in [3.05, 3.63) is 70.6 Å². The Hall–Kier alpha value is -2.53. The number of rotatable bonds is 7. The van der Waals surface area contributed by atoms with Crippen LogP contribution >= 0.6 is 11.8 Å². The number of nitrogens with zero attached hydrogens (tertiary/aromatic N) is 1. The minimum Gasteiger partial charge on any atom is -0.494 e. The van der Waals surface area contributed by atoms with Crippen molar-refractivity contribution in [2.45, 2.75) is 50.8 Å². The van der Waals surface area contributed by atoms with Gasteiger partial charge in [-0.05, 0) is 43.0 Å². The van der Waals surface area contributed by atoms with Crippen LogP contribution in [-0.4, -0.2) is 29.4 Å². The zero-order chi connectivity index (χ0) is 20.9. The first kappa shape index (κ1) is 20.7. The van der Waals surface area contributed by atoms with Crippen molar-refractivity contribution in [1.29, 1.82) is 0 Å². The van der Waals surface area contributed by atoms with Gasteiger partial charge in [0.25, 0.3) is 11.8 Å². The van der Waals surface area contributed by atoms with E-state index in [9.17, 15) is 9.59 Å². The van der Waals surface area contributed by atoms with Crippen molar-refractivity contribution in [2.24, 2.45) is 0 Å². The molecule has 0 bridgehead atoms. The Kier molecular flexibility index (Phi) is 6.58. The highest BCUT2D eigenvalue weighted by atomic mass is 32.2. The quantitative estimate of drug-likeness (QED) is 0.559. The summed E-state index contributed by atoms with van der Waals surface area (Å²) in [5.41, 5.74) is 2.46. The fourth-order valence-corrected chi connectivity index (χ4v) is 5.27. The molecule has 0 aromatic heterocycles. The lowest BCUT2D eigenvalue weighted by Crippen LogP contribution is -2.42. The second-order valence-corrected chi connectivity index (χ2v) is 8.69. The first-order chi connectivity index (χ1) is 14.7. The molecular formula is C25H27NO3S. The molecule has 0 atom stereocenters. The van der Waals surface area contributed by atoms with E-state index in [1.807, 2.05) is 61.5 Å². The van der Waals surface area contributed by atoms with Crippen molar-refractivity contribution < 1.29 is 14.3 Å². The fraction of sp³-hybridized carbons (Fsp3) is 0.360. The third kappa shape index (κ3) is 4.31. The molecule has 1 aliphatic heterocycles. The van der Waals surface area contributed by atoms with E-state index in [1.165, 1.54) is 23.1 Å². The van der Waals surface area contributed by atoms with Gasteiger partial charge in [-0.25, -0.2) is 0 Å². The number of hydrogen-bond acceptors (Lipinski definition) is 4. The highest BCUT2D eigenvalue weighted by Crippen LogP contribution is 2.40. The molecule has 2 aromatic rings. The van der Waals surface area contributed by atoms with Gasteiger partial charge < -0.3 is 4.74 Å². The third-order valence-electron chi connectivity index (χ3n) is 5.69. The van der Waals surface area contributed by atoms with Crippen LogP contribution in [0.4, 0.5) is 0 Å². The van der Waals surface area contributed by atoms with Crippen LogP contribution in [0.3, 0.4) is 0 Å². The third-order valence-corrected chi connectivity index (χ3v) is 6.84. The summed E-state index contributed by atoms with van der Waals surface area (Å²) in [6.07, 6.45) is 5.15. The standard InChI is InChI=1S/C25H27NO3S/c1-2-29-21-15-13-19(14-16-21)22-23(30-17-18-9-5-3-6-10-18)25(28)26(24(22)27)20-11-7-4-8-12-20/h3,5-6,9-10,13-16,20H,2,4,7-8,11-12,17H2,1H3. The van der Waals surface area contributed by atoms with Gasteiger partial charge in [0.15, 0.2) is 0 Å². The lowest BCUT2D eigenvalue weighted by Gasteiger charge is -2.29. The van der Waals surface area contributed by atoms with Gasteiger partial charge in [-0.2, -0.15) is 0 Å². The first-order valence-electron chi connectivity index (χ1n) is 10.7. The Morgan fingerprint density at radius 2 is 1.63 bits per heavy atom. The number of imide groups is 1. The van der Waals surface area contributed by atoms with Crippen molar-refractivity contribution in [1.82, 2.24) is 4.90 Å². The molecule has 0 spiro atoms. The lowest BCUT2D eigenvalue weighted by atomic mass is 9.94. The second kappa shape index (κ2) is 9.52. The molecule has 2 aliphatic rings. The van der Waals surface area contributed by atoms with Gasteiger partial charge in [0.2, 0.25) is 0 Å². The molecule has 156 valence electrons. The average molecular weight is 422 g/mol. The molecule has 30 heavy (non-hydrogen) atoms. The molecule has 0 unspecified atom stereocenters. The SMILES string of the molecule is CCOc1ccc(C2=C(SCc3ccccc3)C(=O)N(C3CCCCC3)C2=O)cc1. The van der Waals surface area contributed by atoms with Crippen LogP contribution in [0, 0.1) is 0 Å². The van der Waals surface area contributed by atoms with E-state index in [1.54, 1.807) is 0 Å². The van der Waals surface area contributed by atoms with Gasteiger partial charge in [0.1, 0.15) is 5.75 Å². The molecule has 0 radical (unpaired) electrons. The molecule has 1 saturated carbocycles. The number of thioether (sulfide) groups is 1. The number of carbonyl (C=O) groups excluding carboxylic acids is 2. The molecule has 1 aliphatic carbocycles. The monoisotopic (exact) mass is 421 g/mol. The highest BCUT2D eigenvalue weighted by Gasteiger charge is 2.42. The normalized spacial score (nSPS) is 17.7. The number of carbonyl (C=O) groups is 2. The molecule has 4 nitrogen and oxygen atoms in total. The van der Waals surface area contributed by atoms with E-state index < -0.39 is 0 Å². The van der Waals surface area contributed by atoms with E-state index in [-0.39, 0.29) is 17.9 Å². The van der Waals surface area contributed by atoms with Gasteiger partial charge in [-0.1, -0.05) is 61.7 Å². The van der Waals surface area contributed by atoms with Crippen LogP contribution in [0.15, 0.2) is 59.5 Å². The van der Waals surface area contributed by atoms with Gasteiger partial charge >= 0.3 is 0 Å². The Morgan fingerprint density at radius 3 is 2.30 bits per heavy atom. The molecule has 0 saturated heterocycles. The minimum atomic E-state index is -0.147. The van der Waals surface area contributed by atoms with Crippen LogP contribution in [-0.2, 0) is 15.3 Å². The summed E-state index contributed by atoms with van der Waals surface area (Å²) >= 11 is 1.47. The summed E-state index contributed by atoms with van der Waals surface area (Å²) in [5, 5.41) is 0. The molecule has 2 amide bonds. The molecule has 1 heterocycles. The van der Waals surface area contributed by atoms with E-state index in [2.05, 4.69) is 0 Å². The van der Waals surface area contributed by atoms with Gasteiger partial charge in [-0.15, -0.1) is 11.8 Å². The first-order valence-corrected chi connectivity index (χ1v) is 11.7. The van der Waals surface area contributed by atoms with Crippen molar-refractivity contribution in [3.63, 3.8) is 0 Å². The molecule has 4 rings (SSSR count). The largest absolute Gasteiger partial charge is 0.494 e. The Balaban J connectivity index is 1.66. The van der Waals surface area contributed by atoms with Crippen LogP contribution < -0.4 is 4.74 Å². The Labute approximate surface area is 182 Å².